The standard InChI is InChI=1S/C18H28N2O3S/c1-13(2)20-10-9-19(12-17(20)21)24(22,23)16-11-15(18(4,5)6)8-7-14(16)3/h7-8,11,13H,9-10,12H2,1-6H3. The number of piperazine rings is 1. The minimum absolute atomic E-state index is 0.0836. The molecule has 134 valence electrons. The SMILES string of the molecule is Cc1ccc(C(C)(C)C)cc1S(=O)(=O)N1CCN(C(C)C)C(=O)C1. The lowest BCUT2D eigenvalue weighted by atomic mass is 9.87. The summed E-state index contributed by atoms with van der Waals surface area (Å²) in [5, 5.41) is 0. The number of hydrogen-bond donors (Lipinski definition) is 0. The van der Waals surface area contributed by atoms with Crippen molar-refractivity contribution in [1.82, 2.24) is 9.21 Å². The van der Waals surface area contributed by atoms with E-state index in [1.807, 2.05) is 26.0 Å². The summed E-state index contributed by atoms with van der Waals surface area (Å²) in [6.45, 7) is 12.5. The van der Waals surface area contributed by atoms with E-state index in [9.17, 15) is 13.2 Å². The predicted molar refractivity (Wildman–Crippen MR) is 95.5 cm³/mol. The van der Waals surface area contributed by atoms with Gasteiger partial charge in [-0.3, -0.25) is 4.79 Å². The van der Waals surface area contributed by atoms with E-state index >= 15 is 0 Å². The molecule has 0 bridgehead atoms. The van der Waals surface area contributed by atoms with Gasteiger partial charge in [-0.2, -0.15) is 4.31 Å². The zero-order chi connectivity index (χ0) is 18.3. The van der Waals surface area contributed by atoms with E-state index in [2.05, 4.69) is 20.8 Å². The van der Waals surface area contributed by atoms with Crippen LogP contribution in [0.5, 0.6) is 0 Å². The second-order valence-corrected chi connectivity index (χ2v) is 9.66. The first-order chi connectivity index (χ1) is 10.9. The lowest BCUT2D eigenvalue weighted by molar-refractivity contribution is -0.135. The van der Waals surface area contributed by atoms with Crippen LogP contribution in [0.3, 0.4) is 0 Å². The number of aryl methyl sites for hydroxylation is 1. The molecule has 0 saturated carbocycles. The van der Waals surface area contributed by atoms with Crippen molar-refractivity contribution in [2.24, 2.45) is 0 Å². The fraction of sp³-hybridized carbons (Fsp3) is 0.611. The fourth-order valence-electron chi connectivity index (χ4n) is 2.90. The number of rotatable bonds is 3. The van der Waals surface area contributed by atoms with Crippen LogP contribution in [0, 0.1) is 6.92 Å². The Hall–Kier alpha value is -1.40. The first kappa shape index (κ1) is 18.9. The maximum Gasteiger partial charge on any atom is 0.243 e. The molecule has 1 aromatic rings. The van der Waals surface area contributed by atoms with E-state index in [0.717, 1.165) is 5.56 Å². The molecule has 0 atom stereocenters. The van der Waals surface area contributed by atoms with Crippen molar-refractivity contribution in [3.05, 3.63) is 29.3 Å². The van der Waals surface area contributed by atoms with Gasteiger partial charge in [0.25, 0.3) is 0 Å². The largest absolute Gasteiger partial charge is 0.338 e. The smallest absolute Gasteiger partial charge is 0.243 e. The third kappa shape index (κ3) is 3.64. The lowest BCUT2D eigenvalue weighted by Gasteiger charge is -2.36. The molecule has 1 amide bonds. The fourth-order valence-corrected chi connectivity index (χ4v) is 4.53. The molecular weight excluding hydrogens is 324 g/mol. The first-order valence-electron chi connectivity index (χ1n) is 8.35. The van der Waals surface area contributed by atoms with Crippen LogP contribution in [-0.2, 0) is 20.2 Å². The van der Waals surface area contributed by atoms with Crippen LogP contribution < -0.4 is 0 Å². The molecule has 0 spiro atoms. The summed E-state index contributed by atoms with van der Waals surface area (Å²) in [6, 6.07) is 5.66. The maximum absolute atomic E-state index is 13.1. The predicted octanol–water partition coefficient (Wildman–Crippen LogP) is 2.53. The number of hydrogen-bond acceptors (Lipinski definition) is 3. The highest BCUT2D eigenvalue weighted by Gasteiger charge is 2.34. The van der Waals surface area contributed by atoms with Gasteiger partial charge in [-0.1, -0.05) is 32.9 Å². The van der Waals surface area contributed by atoms with Crippen LogP contribution in [0.2, 0.25) is 0 Å². The summed E-state index contributed by atoms with van der Waals surface area (Å²) < 4.78 is 27.4. The summed E-state index contributed by atoms with van der Waals surface area (Å²) in [7, 11) is -3.67. The van der Waals surface area contributed by atoms with Gasteiger partial charge in [0.1, 0.15) is 0 Å². The van der Waals surface area contributed by atoms with E-state index in [0.29, 0.717) is 23.5 Å². The molecule has 0 aromatic heterocycles. The van der Waals surface area contributed by atoms with Crippen LogP contribution in [0.15, 0.2) is 23.1 Å². The second-order valence-electron chi connectivity index (χ2n) is 7.75. The number of nitrogens with zero attached hydrogens (tertiary/aromatic N) is 2. The Morgan fingerprint density at radius 1 is 1.12 bits per heavy atom. The van der Waals surface area contributed by atoms with Crippen molar-refractivity contribution >= 4 is 15.9 Å². The highest BCUT2D eigenvalue weighted by atomic mass is 32.2. The Morgan fingerprint density at radius 3 is 2.25 bits per heavy atom. The molecule has 1 heterocycles. The van der Waals surface area contributed by atoms with Crippen molar-refractivity contribution in [1.29, 1.82) is 0 Å². The van der Waals surface area contributed by atoms with E-state index in [-0.39, 0.29) is 23.9 Å². The van der Waals surface area contributed by atoms with Gasteiger partial charge < -0.3 is 4.90 Å². The molecule has 0 N–H and O–H groups in total. The van der Waals surface area contributed by atoms with Gasteiger partial charge in [0.05, 0.1) is 11.4 Å². The maximum atomic E-state index is 13.1. The van der Waals surface area contributed by atoms with Crippen LogP contribution in [0.25, 0.3) is 0 Å². The molecule has 1 fully saturated rings. The molecule has 5 nitrogen and oxygen atoms in total. The van der Waals surface area contributed by atoms with E-state index in [1.165, 1.54) is 4.31 Å². The zero-order valence-corrected chi connectivity index (χ0v) is 16.3. The highest BCUT2D eigenvalue weighted by Crippen LogP contribution is 2.29. The monoisotopic (exact) mass is 352 g/mol. The van der Waals surface area contributed by atoms with Crippen molar-refractivity contribution in [3.8, 4) is 0 Å². The average Bonchev–Trinajstić information content (AvgIpc) is 2.45. The van der Waals surface area contributed by atoms with Gasteiger partial charge in [-0.15, -0.1) is 0 Å². The molecule has 1 aliphatic rings. The molecule has 1 aromatic carbocycles. The van der Waals surface area contributed by atoms with Gasteiger partial charge >= 0.3 is 0 Å². The Balaban J connectivity index is 2.37. The van der Waals surface area contributed by atoms with Crippen molar-refractivity contribution in [3.63, 3.8) is 0 Å². The summed E-state index contributed by atoms with van der Waals surface area (Å²) in [5.74, 6) is -0.135. The minimum atomic E-state index is -3.67. The summed E-state index contributed by atoms with van der Waals surface area (Å²) in [6.07, 6.45) is 0. The van der Waals surface area contributed by atoms with Gasteiger partial charge in [0.2, 0.25) is 15.9 Å². The third-order valence-corrected chi connectivity index (χ3v) is 6.50. The van der Waals surface area contributed by atoms with Crippen LogP contribution in [-0.4, -0.2) is 49.2 Å². The molecular formula is C18H28N2O3S. The van der Waals surface area contributed by atoms with Gasteiger partial charge in [-0.05, 0) is 43.4 Å². The van der Waals surface area contributed by atoms with E-state index in [1.54, 1.807) is 17.9 Å². The zero-order valence-electron chi connectivity index (χ0n) is 15.5. The third-order valence-electron chi connectivity index (χ3n) is 4.52. The number of amides is 1. The van der Waals surface area contributed by atoms with Crippen LogP contribution >= 0.6 is 0 Å². The molecule has 1 saturated heterocycles. The normalized spacial score (nSPS) is 17.6. The van der Waals surface area contributed by atoms with Crippen molar-refractivity contribution < 1.29 is 13.2 Å². The number of carbonyl (C=O) groups excluding carboxylic acids is 1. The lowest BCUT2D eigenvalue weighted by Crippen LogP contribution is -2.54. The Labute approximate surface area is 145 Å². The van der Waals surface area contributed by atoms with Gasteiger partial charge in [0.15, 0.2) is 0 Å². The second kappa shape index (κ2) is 6.48. The quantitative estimate of drug-likeness (QED) is 0.840. The van der Waals surface area contributed by atoms with Crippen molar-refractivity contribution in [2.45, 2.75) is 57.9 Å². The van der Waals surface area contributed by atoms with Gasteiger partial charge in [-0.25, -0.2) is 8.42 Å². The Kier molecular flexibility index (Phi) is 5.11. The average molecular weight is 353 g/mol. The molecule has 2 rings (SSSR count). The summed E-state index contributed by atoms with van der Waals surface area (Å²) >= 11 is 0. The first-order valence-corrected chi connectivity index (χ1v) is 9.79. The summed E-state index contributed by atoms with van der Waals surface area (Å²) in [4.78, 5) is 14.3. The van der Waals surface area contributed by atoms with Crippen LogP contribution in [0.4, 0.5) is 0 Å². The van der Waals surface area contributed by atoms with Gasteiger partial charge in [0, 0.05) is 19.1 Å². The number of sulfonamides is 1. The van der Waals surface area contributed by atoms with Crippen molar-refractivity contribution in [2.75, 3.05) is 19.6 Å². The van der Waals surface area contributed by atoms with E-state index < -0.39 is 10.0 Å². The molecule has 1 aliphatic heterocycles. The minimum Gasteiger partial charge on any atom is -0.338 e. The summed E-state index contributed by atoms with van der Waals surface area (Å²) in [5.41, 5.74) is 1.55. The molecule has 0 radical (unpaired) electrons. The van der Waals surface area contributed by atoms with E-state index in [4.69, 9.17) is 0 Å². The molecule has 6 heteroatoms. The molecule has 24 heavy (non-hydrogen) atoms. The Bertz CT molecular complexity index is 733. The number of carbonyl (C=O) groups is 1. The van der Waals surface area contributed by atoms with Crippen LogP contribution in [0.1, 0.15) is 45.7 Å². The highest BCUT2D eigenvalue weighted by molar-refractivity contribution is 7.89. The molecule has 0 unspecified atom stereocenters. The molecule has 0 aliphatic carbocycles. The number of benzene rings is 1. The Morgan fingerprint density at radius 2 is 1.75 bits per heavy atom. The topological polar surface area (TPSA) is 57.7 Å².